The Morgan fingerprint density at radius 1 is 1.08 bits per heavy atom. The van der Waals surface area contributed by atoms with Crippen molar-refractivity contribution >= 4 is 33.2 Å². The Hall–Kier alpha value is -3.16. The number of anilines is 2. The van der Waals surface area contributed by atoms with Crippen LogP contribution in [0.25, 0.3) is 21.3 Å². The third kappa shape index (κ3) is 4.90. The molecule has 6 nitrogen and oxygen atoms in total. The molecule has 2 N–H and O–H groups in total. The van der Waals surface area contributed by atoms with E-state index >= 15 is 0 Å². The monoisotopic (exact) mass is 502 g/mol. The Balaban J connectivity index is 1.54. The van der Waals surface area contributed by atoms with E-state index in [0.29, 0.717) is 11.9 Å². The van der Waals surface area contributed by atoms with Gasteiger partial charge in [0.2, 0.25) is 5.95 Å². The van der Waals surface area contributed by atoms with E-state index in [2.05, 4.69) is 61.5 Å². The zero-order valence-corrected chi connectivity index (χ0v) is 22.5. The molecule has 0 radical (unpaired) electrons. The summed E-state index contributed by atoms with van der Waals surface area (Å²) < 4.78 is 13.0. The van der Waals surface area contributed by atoms with E-state index in [1.807, 2.05) is 24.4 Å². The molecule has 0 unspecified atom stereocenters. The van der Waals surface area contributed by atoms with E-state index in [1.165, 1.54) is 16.0 Å². The average molecular weight is 503 g/mol. The van der Waals surface area contributed by atoms with Crippen LogP contribution in [0.5, 0.6) is 11.5 Å². The normalized spacial score (nSPS) is 14.4. The number of nitrogens with one attached hydrogen (secondary N) is 2. The molecule has 0 bridgehead atoms. The van der Waals surface area contributed by atoms with Gasteiger partial charge >= 0.3 is 0 Å². The number of aryl methyl sites for hydroxylation is 2. The molecule has 1 aliphatic rings. The van der Waals surface area contributed by atoms with Crippen LogP contribution in [-0.2, 0) is 0 Å². The first-order chi connectivity index (χ1) is 17.4. The molecule has 5 rings (SSSR count). The van der Waals surface area contributed by atoms with Gasteiger partial charge in [0, 0.05) is 16.0 Å². The minimum absolute atomic E-state index is 0.0641. The maximum atomic E-state index is 6.27. The van der Waals surface area contributed by atoms with Gasteiger partial charge in [-0.1, -0.05) is 18.2 Å². The van der Waals surface area contributed by atoms with Crippen LogP contribution in [0, 0.1) is 13.8 Å². The van der Waals surface area contributed by atoms with Crippen LogP contribution < -0.4 is 20.1 Å². The van der Waals surface area contributed by atoms with Crippen molar-refractivity contribution in [1.82, 2.24) is 15.3 Å². The highest BCUT2D eigenvalue weighted by Crippen LogP contribution is 2.42. The van der Waals surface area contributed by atoms with Crippen molar-refractivity contribution < 1.29 is 9.47 Å². The number of fused-ring (bicyclic) bond motifs is 1. The van der Waals surface area contributed by atoms with E-state index in [1.54, 1.807) is 18.4 Å². The number of hydrogen-bond donors (Lipinski definition) is 2. The van der Waals surface area contributed by atoms with E-state index in [-0.39, 0.29) is 6.10 Å². The Kier molecular flexibility index (Phi) is 7.12. The molecular weight excluding hydrogens is 468 g/mol. The molecule has 0 saturated carbocycles. The van der Waals surface area contributed by atoms with Crippen molar-refractivity contribution in [2.24, 2.45) is 0 Å². The predicted molar refractivity (Wildman–Crippen MR) is 149 cm³/mol. The second-order valence-electron chi connectivity index (χ2n) is 9.66. The summed E-state index contributed by atoms with van der Waals surface area (Å²) in [6.07, 6.45) is 4.27. The number of benzene rings is 2. The molecular formula is C29H34N4O2S. The van der Waals surface area contributed by atoms with Crippen molar-refractivity contribution in [3.05, 3.63) is 58.6 Å². The molecule has 2 aromatic carbocycles. The van der Waals surface area contributed by atoms with E-state index in [0.717, 1.165) is 64.5 Å². The fourth-order valence-electron chi connectivity index (χ4n) is 5.08. The molecule has 1 fully saturated rings. The number of thiophene rings is 1. The van der Waals surface area contributed by atoms with Crippen LogP contribution in [0.15, 0.2) is 42.6 Å². The van der Waals surface area contributed by atoms with E-state index in [4.69, 9.17) is 14.5 Å². The minimum atomic E-state index is 0.0641. The summed E-state index contributed by atoms with van der Waals surface area (Å²) in [7, 11) is 1.71. The van der Waals surface area contributed by atoms with Crippen molar-refractivity contribution in [3.63, 3.8) is 0 Å². The van der Waals surface area contributed by atoms with Crippen molar-refractivity contribution in [1.29, 1.82) is 0 Å². The standard InChI is InChI=1S/C29H34N4O2S/c1-17(2)35-25-15-22(20-10-12-30-13-11-20)18(3)14-23(25)32-29-31-16-26-28(33-29)27(19(4)36-26)21-8-6-7-9-24(21)34-5/h6-9,14-17,20,30H,10-13H2,1-5H3,(H,31,32,33). The summed E-state index contributed by atoms with van der Waals surface area (Å²) in [6.45, 7) is 10.6. The SMILES string of the molecule is COc1ccccc1-c1c(C)sc2cnc(Nc3cc(C)c(C4CCNCC4)cc3OC(C)C)nc12. The number of nitrogens with zero attached hydrogens (tertiary/aromatic N) is 2. The summed E-state index contributed by atoms with van der Waals surface area (Å²) in [6, 6.07) is 12.5. The lowest BCUT2D eigenvalue weighted by Crippen LogP contribution is -2.27. The van der Waals surface area contributed by atoms with Gasteiger partial charge in [-0.2, -0.15) is 0 Å². The zero-order chi connectivity index (χ0) is 25.2. The number of para-hydroxylation sites is 1. The van der Waals surface area contributed by atoms with Crippen molar-refractivity contribution in [3.8, 4) is 22.6 Å². The summed E-state index contributed by atoms with van der Waals surface area (Å²) in [5, 5.41) is 6.94. The Morgan fingerprint density at radius 2 is 1.86 bits per heavy atom. The molecule has 2 aromatic heterocycles. The Morgan fingerprint density at radius 3 is 2.61 bits per heavy atom. The van der Waals surface area contributed by atoms with Crippen LogP contribution in [0.4, 0.5) is 11.6 Å². The summed E-state index contributed by atoms with van der Waals surface area (Å²) in [5.41, 5.74) is 6.59. The fraction of sp³-hybridized carbons (Fsp3) is 0.379. The van der Waals surface area contributed by atoms with Crippen LogP contribution >= 0.6 is 11.3 Å². The number of methoxy groups -OCH3 is 1. The molecule has 0 amide bonds. The lowest BCUT2D eigenvalue weighted by molar-refractivity contribution is 0.243. The van der Waals surface area contributed by atoms with Crippen molar-refractivity contribution in [2.75, 3.05) is 25.5 Å². The molecule has 0 spiro atoms. The number of rotatable bonds is 7. The van der Waals surface area contributed by atoms with Crippen LogP contribution in [0.3, 0.4) is 0 Å². The zero-order valence-electron chi connectivity index (χ0n) is 21.6. The lowest BCUT2D eigenvalue weighted by Gasteiger charge is -2.26. The quantitative estimate of drug-likeness (QED) is 0.284. The number of ether oxygens (including phenoxy) is 2. The van der Waals surface area contributed by atoms with Gasteiger partial charge < -0.3 is 20.1 Å². The predicted octanol–water partition coefficient (Wildman–Crippen LogP) is 6.98. The topological polar surface area (TPSA) is 68.3 Å². The van der Waals surface area contributed by atoms with Crippen LogP contribution in [-0.4, -0.2) is 36.3 Å². The molecule has 1 saturated heterocycles. The molecule has 188 valence electrons. The van der Waals surface area contributed by atoms with Gasteiger partial charge in [0.25, 0.3) is 0 Å². The second kappa shape index (κ2) is 10.4. The Bertz CT molecular complexity index is 1380. The summed E-state index contributed by atoms with van der Waals surface area (Å²) in [4.78, 5) is 10.8. The first kappa shape index (κ1) is 24.5. The highest BCUT2D eigenvalue weighted by Gasteiger charge is 2.21. The first-order valence-electron chi connectivity index (χ1n) is 12.6. The molecule has 3 heterocycles. The molecule has 4 aromatic rings. The van der Waals surface area contributed by atoms with Gasteiger partial charge in [-0.15, -0.1) is 11.3 Å². The minimum Gasteiger partial charge on any atom is -0.496 e. The third-order valence-electron chi connectivity index (χ3n) is 6.74. The smallest absolute Gasteiger partial charge is 0.227 e. The van der Waals surface area contributed by atoms with E-state index < -0.39 is 0 Å². The number of aromatic nitrogens is 2. The Labute approximate surface area is 217 Å². The molecule has 0 atom stereocenters. The van der Waals surface area contributed by atoms with Crippen molar-refractivity contribution in [2.45, 2.75) is 52.6 Å². The second-order valence-corrected chi connectivity index (χ2v) is 10.9. The van der Waals surface area contributed by atoms with Crippen LogP contribution in [0.1, 0.15) is 48.6 Å². The molecule has 1 aliphatic heterocycles. The van der Waals surface area contributed by atoms with E-state index in [9.17, 15) is 0 Å². The highest BCUT2D eigenvalue weighted by molar-refractivity contribution is 7.19. The van der Waals surface area contributed by atoms with Gasteiger partial charge in [-0.3, -0.25) is 0 Å². The van der Waals surface area contributed by atoms with Gasteiger partial charge in [0.1, 0.15) is 11.5 Å². The largest absolute Gasteiger partial charge is 0.496 e. The fourth-order valence-corrected chi connectivity index (χ4v) is 6.07. The maximum absolute atomic E-state index is 6.27. The van der Waals surface area contributed by atoms with Gasteiger partial charge in [0.15, 0.2) is 0 Å². The van der Waals surface area contributed by atoms with Gasteiger partial charge in [-0.05, 0) is 88.9 Å². The summed E-state index contributed by atoms with van der Waals surface area (Å²) >= 11 is 1.70. The number of hydrogen-bond acceptors (Lipinski definition) is 7. The van der Waals surface area contributed by atoms with Crippen LogP contribution in [0.2, 0.25) is 0 Å². The van der Waals surface area contributed by atoms with Gasteiger partial charge in [0.05, 0.1) is 35.3 Å². The third-order valence-corrected chi connectivity index (χ3v) is 7.77. The highest BCUT2D eigenvalue weighted by atomic mass is 32.1. The average Bonchev–Trinajstić information content (AvgIpc) is 3.20. The summed E-state index contributed by atoms with van der Waals surface area (Å²) in [5.74, 6) is 2.79. The maximum Gasteiger partial charge on any atom is 0.227 e. The molecule has 7 heteroatoms. The molecule has 36 heavy (non-hydrogen) atoms. The van der Waals surface area contributed by atoms with Gasteiger partial charge in [-0.25, -0.2) is 9.97 Å². The first-order valence-corrected chi connectivity index (χ1v) is 13.4. The number of piperidine rings is 1. The molecule has 0 aliphatic carbocycles. The lowest BCUT2D eigenvalue weighted by atomic mass is 9.87.